The van der Waals surface area contributed by atoms with E-state index in [2.05, 4.69) is 40.1 Å². The second-order valence-corrected chi connectivity index (χ2v) is 6.72. The molecule has 1 N–H and O–H groups in total. The van der Waals surface area contributed by atoms with Gasteiger partial charge >= 0.3 is 0 Å². The van der Waals surface area contributed by atoms with Gasteiger partial charge in [0.15, 0.2) is 0 Å². The van der Waals surface area contributed by atoms with Crippen molar-refractivity contribution in [1.29, 1.82) is 0 Å². The minimum atomic E-state index is 0.396. The topological polar surface area (TPSA) is 24.9 Å². The van der Waals surface area contributed by atoms with Crippen molar-refractivity contribution in [3.63, 3.8) is 0 Å². The number of aromatic nitrogens is 1. The molecule has 0 saturated heterocycles. The van der Waals surface area contributed by atoms with Crippen molar-refractivity contribution in [2.24, 2.45) is 5.92 Å². The first kappa shape index (κ1) is 11.6. The molecule has 15 heavy (non-hydrogen) atoms. The van der Waals surface area contributed by atoms with Crippen molar-refractivity contribution in [3.05, 3.63) is 15.0 Å². The van der Waals surface area contributed by atoms with Crippen LogP contribution in [0.5, 0.6) is 0 Å². The predicted molar refractivity (Wildman–Crippen MR) is 68.2 cm³/mol. The summed E-state index contributed by atoms with van der Waals surface area (Å²) in [6.45, 7) is 4.46. The molecule has 3 atom stereocenters. The number of nitrogens with one attached hydrogen (secondary N) is 1. The Balaban J connectivity index is 1.81. The first-order valence-electron chi connectivity index (χ1n) is 5.58. The summed E-state index contributed by atoms with van der Waals surface area (Å²) >= 11 is 5.17. The second-order valence-electron chi connectivity index (χ2n) is 4.28. The highest BCUT2D eigenvalue weighted by atomic mass is 79.9. The van der Waals surface area contributed by atoms with Gasteiger partial charge in [-0.3, -0.25) is 0 Å². The number of hydrogen-bond donors (Lipinski definition) is 1. The molecule has 0 radical (unpaired) electrons. The SMILES string of the molecule is CCCC1CC1NC(C)c1ncc(Br)s1. The van der Waals surface area contributed by atoms with E-state index in [4.69, 9.17) is 0 Å². The molecule has 0 aromatic carbocycles. The number of thiazole rings is 1. The first-order chi connectivity index (χ1) is 7.20. The highest BCUT2D eigenvalue weighted by molar-refractivity contribution is 9.11. The standard InChI is InChI=1S/C11H17BrN2S/c1-3-4-8-5-9(8)14-7(2)11-13-6-10(12)15-11/h6-9,14H,3-5H2,1-2H3. The van der Waals surface area contributed by atoms with Gasteiger partial charge in [-0.05, 0) is 41.6 Å². The summed E-state index contributed by atoms with van der Waals surface area (Å²) in [5.74, 6) is 0.917. The molecule has 4 heteroatoms. The minimum absolute atomic E-state index is 0.396. The molecular formula is C11H17BrN2S. The second kappa shape index (κ2) is 4.93. The highest BCUT2D eigenvalue weighted by Gasteiger charge is 2.36. The Bertz CT molecular complexity index is 326. The molecule has 1 aromatic rings. The van der Waals surface area contributed by atoms with Gasteiger partial charge in [0.05, 0.1) is 16.0 Å². The molecule has 0 bridgehead atoms. The molecule has 0 spiro atoms. The third-order valence-corrected chi connectivity index (χ3v) is 4.57. The van der Waals surface area contributed by atoms with Crippen LogP contribution in [-0.2, 0) is 0 Å². The number of hydrogen-bond acceptors (Lipinski definition) is 3. The van der Waals surface area contributed by atoms with E-state index in [1.54, 1.807) is 11.3 Å². The summed E-state index contributed by atoms with van der Waals surface area (Å²) in [5, 5.41) is 4.83. The minimum Gasteiger partial charge on any atom is -0.305 e. The molecule has 1 fully saturated rings. The van der Waals surface area contributed by atoms with E-state index in [1.807, 2.05) is 6.20 Å². The quantitative estimate of drug-likeness (QED) is 0.893. The molecule has 3 unspecified atom stereocenters. The zero-order valence-electron chi connectivity index (χ0n) is 9.16. The lowest BCUT2D eigenvalue weighted by Crippen LogP contribution is -2.22. The van der Waals surface area contributed by atoms with Gasteiger partial charge in [-0.15, -0.1) is 11.3 Å². The maximum Gasteiger partial charge on any atom is 0.110 e. The Morgan fingerprint density at radius 3 is 3.13 bits per heavy atom. The lowest BCUT2D eigenvalue weighted by molar-refractivity contribution is 0.528. The summed E-state index contributed by atoms with van der Waals surface area (Å²) in [6.07, 6.45) is 5.91. The van der Waals surface area contributed by atoms with Gasteiger partial charge in [-0.2, -0.15) is 0 Å². The van der Waals surface area contributed by atoms with Gasteiger partial charge < -0.3 is 5.32 Å². The van der Waals surface area contributed by atoms with Crippen LogP contribution in [-0.4, -0.2) is 11.0 Å². The molecule has 1 aromatic heterocycles. The van der Waals surface area contributed by atoms with Crippen LogP contribution >= 0.6 is 27.3 Å². The lowest BCUT2D eigenvalue weighted by atomic mass is 10.2. The Hall–Kier alpha value is 0.0700. The first-order valence-corrected chi connectivity index (χ1v) is 7.19. The third-order valence-electron chi connectivity index (χ3n) is 2.91. The van der Waals surface area contributed by atoms with Crippen molar-refractivity contribution >= 4 is 27.3 Å². The Kier molecular flexibility index (Phi) is 3.80. The van der Waals surface area contributed by atoms with Gasteiger partial charge in [-0.25, -0.2) is 4.98 Å². The van der Waals surface area contributed by atoms with Crippen LogP contribution in [0.2, 0.25) is 0 Å². The lowest BCUT2D eigenvalue weighted by Gasteiger charge is -2.10. The van der Waals surface area contributed by atoms with Gasteiger partial charge in [0.25, 0.3) is 0 Å². The largest absolute Gasteiger partial charge is 0.305 e. The van der Waals surface area contributed by atoms with Crippen molar-refractivity contribution < 1.29 is 0 Å². The number of halogens is 1. The summed E-state index contributed by atoms with van der Waals surface area (Å²) in [4.78, 5) is 4.38. The summed E-state index contributed by atoms with van der Waals surface area (Å²) in [5.41, 5.74) is 0. The maximum absolute atomic E-state index is 4.38. The van der Waals surface area contributed by atoms with E-state index >= 15 is 0 Å². The van der Waals surface area contributed by atoms with E-state index in [1.165, 1.54) is 24.3 Å². The van der Waals surface area contributed by atoms with E-state index in [-0.39, 0.29) is 0 Å². The van der Waals surface area contributed by atoms with Crippen LogP contribution in [0.1, 0.15) is 44.2 Å². The average Bonchev–Trinajstić information content (AvgIpc) is 2.76. The molecule has 2 nitrogen and oxygen atoms in total. The van der Waals surface area contributed by atoms with Crippen molar-refractivity contribution in [2.45, 2.75) is 45.2 Å². The average molecular weight is 289 g/mol. The maximum atomic E-state index is 4.38. The third kappa shape index (κ3) is 3.02. The van der Waals surface area contributed by atoms with E-state index < -0.39 is 0 Å². The Morgan fingerprint density at radius 2 is 2.53 bits per heavy atom. The van der Waals surface area contributed by atoms with E-state index in [9.17, 15) is 0 Å². The molecule has 1 heterocycles. The predicted octanol–water partition coefficient (Wildman–Crippen LogP) is 3.74. The molecule has 1 aliphatic carbocycles. The monoisotopic (exact) mass is 288 g/mol. The van der Waals surface area contributed by atoms with Crippen molar-refractivity contribution in [3.8, 4) is 0 Å². The van der Waals surface area contributed by atoms with Crippen LogP contribution in [0.3, 0.4) is 0 Å². The summed E-state index contributed by atoms with van der Waals surface area (Å²) in [7, 11) is 0. The van der Waals surface area contributed by atoms with Gasteiger partial charge in [-0.1, -0.05) is 13.3 Å². The smallest absolute Gasteiger partial charge is 0.110 e. The number of rotatable bonds is 5. The summed E-state index contributed by atoms with van der Waals surface area (Å²) in [6, 6.07) is 1.13. The van der Waals surface area contributed by atoms with E-state index in [0.717, 1.165) is 15.7 Å². The fourth-order valence-electron chi connectivity index (χ4n) is 2.00. The van der Waals surface area contributed by atoms with Crippen LogP contribution < -0.4 is 5.32 Å². The van der Waals surface area contributed by atoms with Gasteiger partial charge in [0, 0.05) is 6.04 Å². The van der Waals surface area contributed by atoms with Crippen molar-refractivity contribution in [1.82, 2.24) is 10.3 Å². The zero-order chi connectivity index (χ0) is 10.8. The normalized spacial score (nSPS) is 26.6. The molecule has 0 aliphatic heterocycles. The van der Waals surface area contributed by atoms with E-state index in [0.29, 0.717) is 6.04 Å². The molecular weight excluding hydrogens is 272 g/mol. The van der Waals surface area contributed by atoms with Gasteiger partial charge in [0.2, 0.25) is 0 Å². The fourth-order valence-corrected chi connectivity index (χ4v) is 3.26. The van der Waals surface area contributed by atoms with Crippen LogP contribution in [0.25, 0.3) is 0 Å². The molecule has 1 aliphatic rings. The van der Waals surface area contributed by atoms with Crippen LogP contribution in [0.15, 0.2) is 9.98 Å². The zero-order valence-corrected chi connectivity index (χ0v) is 11.6. The summed E-state index contributed by atoms with van der Waals surface area (Å²) < 4.78 is 1.12. The molecule has 0 amide bonds. The van der Waals surface area contributed by atoms with Gasteiger partial charge in [0.1, 0.15) is 5.01 Å². The van der Waals surface area contributed by atoms with Crippen molar-refractivity contribution in [2.75, 3.05) is 0 Å². The molecule has 1 saturated carbocycles. The Labute approximate surface area is 104 Å². The molecule has 2 rings (SSSR count). The Morgan fingerprint density at radius 1 is 1.73 bits per heavy atom. The van der Waals surface area contributed by atoms with Crippen LogP contribution in [0, 0.1) is 5.92 Å². The highest BCUT2D eigenvalue weighted by Crippen LogP contribution is 2.36. The molecule has 84 valence electrons. The number of nitrogens with zero attached hydrogens (tertiary/aromatic N) is 1. The van der Waals surface area contributed by atoms with Crippen LogP contribution in [0.4, 0.5) is 0 Å². The fraction of sp³-hybridized carbons (Fsp3) is 0.727.